The van der Waals surface area contributed by atoms with Crippen molar-refractivity contribution in [1.82, 2.24) is 0 Å². The number of carbonyl (C=O) groups is 1. The van der Waals surface area contributed by atoms with Gasteiger partial charge in [0.2, 0.25) is 0 Å². The number of rotatable bonds is 6. The molecular weight excluding hydrogens is 252 g/mol. The molecular formula is C17H22O3. The fourth-order valence-electron chi connectivity index (χ4n) is 1.97. The highest BCUT2D eigenvalue weighted by Crippen LogP contribution is 2.31. The molecule has 3 nitrogen and oxygen atoms in total. The number of hydrogen-bond donors (Lipinski definition) is 2. The number of aldehydes is 1. The summed E-state index contributed by atoms with van der Waals surface area (Å²) in [6.07, 6.45) is 7.23. The third kappa shape index (κ3) is 4.31. The Morgan fingerprint density at radius 1 is 1.20 bits per heavy atom. The van der Waals surface area contributed by atoms with E-state index in [1.807, 2.05) is 0 Å². The van der Waals surface area contributed by atoms with Gasteiger partial charge < -0.3 is 10.2 Å². The standard InChI is InChI=1S/C17H22O3/c1-3-4-5-6-7-8-9-10-14-11-16(19)13(2)17(20)15(14)12-18/h11-12,19-20H,3-8H2,1-2H3. The maximum atomic E-state index is 11.0. The molecule has 0 saturated heterocycles. The summed E-state index contributed by atoms with van der Waals surface area (Å²) in [5.74, 6) is 5.63. The number of carbonyl (C=O) groups excluding carboxylic acids is 1. The monoisotopic (exact) mass is 274 g/mol. The zero-order valence-corrected chi connectivity index (χ0v) is 12.2. The maximum absolute atomic E-state index is 11.0. The molecule has 0 atom stereocenters. The van der Waals surface area contributed by atoms with E-state index in [-0.39, 0.29) is 17.1 Å². The molecule has 0 saturated carbocycles. The van der Waals surface area contributed by atoms with Crippen molar-refractivity contribution < 1.29 is 15.0 Å². The molecule has 0 aliphatic rings. The van der Waals surface area contributed by atoms with Crippen LogP contribution in [-0.2, 0) is 0 Å². The molecule has 0 radical (unpaired) electrons. The topological polar surface area (TPSA) is 57.5 Å². The van der Waals surface area contributed by atoms with E-state index in [1.54, 1.807) is 6.92 Å². The summed E-state index contributed by atoms with van der Waals surface area (Å²) in [5.41, 5.74) is 0.838. The first-order valence-electron chi connectivity index (χ1n) is 7.11. The summed E-state index contributed by atoms with van der Waals surface area (Å²) >= 11 is 0. The zero-order chi connectivity index (χ0) is 15.0. The first-order valence-corrected chi connectivity index (χ1v) is 7.11. The quantitative estimate of drug-likeness (QED) is 0.469. The average Bonchev–Trinajstić information content (AvgIpc) is 2.44. The highest BCUT2D eigenvalue weighted by atomic mass is 16.3. The molecule has 20 heavy (non-hydrogen) atoms. The molecule has 1 rings (SSSR count). The van der Waals surface area contributed by atoms with E-state index in [0.717, 1.165) is 19.3 Å². The van der Waals surface area contributed by atoms with Gasteiger partial charge in [-0.25, -0.2) is 0 Å². The first kappa shape index (κ1) is 16.1. The zero-order valence-electron chi connectivity index (χ0n) is 12.2. The molecule has 0 unspecified atom stereocenters. The fraction of sp³-hybridized carbons (Fsp3) is 0.471. The van der Waals surface area contributed by atoms with Gasteiger partial charge in [-0.2, -0.15) is 0 Å². The normalized spacial score (nSPS) is 9.90. The van der Waals surface area contributed by atoms with Crippen LogP contribution in [0.4, 0.5) is 0 Å². The van der Waals surface area contributed by atoms with E-state index < -0.39 is 0 Å². The van der Waals surface area contributed by atoms with E-state index in [9.17, 15) is 15.0 Å². The molecule has 0 aliphatic carbocycles. The molecule has 0 bridgehead atoms. The van der Waals surface area contributed by atoms with Crippen LogP contribution in [0.1, 0.15) is 66.9 Å². The van der Waals surface area contributed by atoms with E-state index in [4.69, 9.17) is 0 Å². The smallest absolute Gasteiger partial charge is 0.155 e. The predicted molar refractivity (Wildman–Crippen MR) is 80.2 cm³/mol. The molecule has 0 aromatic heterocycles. The fourth-order valence-corrected chi connectivity index (χ4v) is 1.97. The third-order valence-corrected chi connectivity index (χ3v) is 3.31. The Morgan fingerprint density at radius 3 is 2.55 bits per heavy atom. The van der Waals surface area contributed by atoms with Gasteiger partial charge in [-0.1, -0.05) is 44.4 Å². The molecule has 2 N–H and O–H groups in total. The van der Waals surface area contributed by atoms with Crippen LogP contribution in [0.15, 0.2) is 6.07 Å². The van der Waals surface area contributed by atoms with Crippen molar-refractivity contribution in [3.63, 3.8) is 0 Å². The summed E-state index contributed by atoms with van der Waals surface area (Å²) in [7, 11) is 0. The Balaban J connectivity index is 2.71. The van der Waals surface area contributed by atoms with Crippen LogP contribution >= 0.6 is 0 Å². The highest BCUT2D eigenvalue weighted by molar-refractivity contribution is 5.85. The summed E-state index contributed by atoms with van der Waals surface area (Å²) in [6, 6.07) is 1.43. The largest absolute Gasteiger partial charge is 0.507 e. The van der Waals surface area contributed by atoms with Gasteiger partial charge in [0.15, 0.2) is 6.29 Å². The second-order valence-electron chi connectivity index (χ2n) is 4.91. The Bertz CT molecular complexity index is 521. The van der Waals surface area contributed by atoms with Gasteiger partial charge >= 0.3 is 0 Å². The number of phenols is 2. The number of phenolic OH excluding ortho intramolecular Hbond substituents is 2. The SMILES string of the molecule is CCCCCCCC#Cc1cc(O)c(C)c(O)c1C=O. The molecule has 0 amide bonds. The molecule has 0 fully saturated rings. The van der Waals surface area contributed by atoms with Crippen molar-refractivity contribution in [3.05, 3.63) is 22.8 Å². The molecule has 0 aliphatic heterocycles. The minimum absolute atomic E-state index is 0.0413. The van der Waals surface area contributed by atoms with E-state index in [0.29, 0.717) is 17.4 Å². The lowest BCUT2D eigenvalue weighted by molar-refractivity contribution is 0.112. The minimum Gasteiger partial charge on any atom is -0.507 e. The third-order valence-electron chi connectivity index (χ3n) is 3.31. The lowest BCUT2D eigenvalue weighted by Gasteiger charge is -2.06. The van der Waals surface area contributed by atoms with E-state index in [1.165, 1.54) is 25.3 Å². The van der Waals surface area contributed by atoms with E-state index >= 15 is 0 Å². The Labute approximate surface area is 120 Å². The number of aromatic hydroxyl groups is 2. The van der Waals surface area contributed by atoms with Crippen molar-refractivity contribution in [2.45, 2.75) is 52.4 Å². The van der Waals surface area contributed by atoms with Crippen LogP contribution in [0.2, 0.25) is 0 Å². The van der Waals surface area contributed by atoms with Crippen molar-refractivity contribution in [3.8, 4) is 23.3 Å². The summed E-state index contributed by atoms with van der Waals surface area (Å²) in [4.78, 5) is 11.0. The molecule has 0 spiro atoms. The lowest BCUT2D eigenvalue weighted by atomic mass is 10.0. The minimum atomic E-state index is -0.188. The maximum Gasteiger partial charge on any atom is 0.155 e. The second-order valence-corrected chi connectivity index (χ2v) is 4.91. The molecule has 1 aromatic carbocycles. The van der Waals surface area contributed by atoms with Gasteiger partial charge in [-0.15, -0.1) is 0 Å². The highest BCUT2D eigenvalue weighted by Gasteiger charge is 2.12. The van der Waals surface area contributed by atoms with Crippen molar-refractivity contribution in [1.29, 1.82) is 0 Å². The lowest BCUT2D eigenvalue weighted by Crippen LogP contribution is -1.92. The van der Waals surface area contributed by atoms with Crippen LogP contribution in [0.25, 0.3) is 0 Å². The predicted octanol–water partition coefficient (Wildman–Crippen LogP) is 3.93. The van der Waals surface area contributed by atoms with Gasteiger partial charge in [0.1, 0.15) is 11.5 Å². The number of unbranched alkanes of at least 4 members (excludes halogenated alkanes) is 5. The van der Waals surface area contributed by atoms with Crippen molar-refractivity contribution >= 4 is 6.29 Å². The van der Waals surface area contributed by atoms with Crippen LogP contribution in [0.3, 0.4) is 0 Å². The summed E-state index contributed by atoms with van der Waals surface area (Å²) in [6.45, 7) is 3.74. The van der Waals surface area contributed by atoms with Crippen molar-refractivity contribution in [2.24, 2.45) is 0 Å². The molecule has 3 heteroatoms. The summed E-state index contributed by atoms with van der Waals surface area (Å²) < 4.78 is 0. The first-order chi connectivity index (χ1) is 9.61. The second kappa shape index (κ2) is 8.27. The Hall–Kier alpha value is -1.95. The van der Waals surface area contributed by atoms with Crippen LogP contribution in [0, 0.1) is 18.8 Å². The van der Waals surface area contributed by atoms with Gasteiger partial charge in [0.25, 0.3) is 0 Å². The van der Waals surface area contributed by atoms with Crippen LogP contribution < -0.4 is 0 Å². The van der Waals surface area contributed by atoms with Crippen LogP contribution in [0.5, 0.6) is 11.5 Å². The number of benzene rings is 1. The van der Waals surface area contributed by atoms with Gasteiger partial charge in [-0.05, 0) is 19.4 Å². The average molecular weight is 274 g/mol. The molecule has 108 valence electrons. The summed E-state index contributed by atoms with van der Waals surface area (Å²) in [5, 5.41) is 19.5. The van der Waals surface area contributed by atoms with Gasteiger partial charge in [-0.3, -0.25) is 4.79 Å². The molecule has 0 heterocycles. The Morgan fingerprint density at radius 2 is 1.90 bits per heavy atom. The van der Waals surface area contributed by atoms with E-state index in [2.05, 4.69) is 18.8 Å². The van der Waals surface area contributed by atoms with Crippen LogP contribution in [-0.4, -0.2) is 16.5 Å². The Kier molecular flexibility index (Phi) is 6.66. The van der Waals surface area contributed by atoms with Crippen molar-refractivity contribution in [2.75, 3.05) is 0 Å². The number of hydrogen-bond acceptors (Lipinski definition) is 3. The molecule has 1 aromatic rings. The van der Waals surface area contributed by atoms with Gasteiger partial charge in [0.05, 0.1) is 5.56 Å². The van der Waals surface area contributed by atoms with Gasteiger partial charge in [0, 0.05) is 17.5 Å².